The lowest BCUT2D eigenvalue weighted by Crippen LogP contribution is -1.99. The monoisotopic (exact) mass is 304 g/mol. The first kappa shape index (κ1) is 13.2. The first-order valence-corrected chi connectivity index (χ1v) is 7.14. The molecule has 18 heavy (non-hydrogen) atoms. The molecule has 0 aliphatic rings. The van der Waals surface area contributed by atoms with Gasteiger partial charge in [0.15, 0.2) is 0 Å². The van der Waals surface area contributed by atoms with Crippen molar-refractivity contribution in [2.45, 2.75) is 17.7 Å². The van der Waals surface area contributed by atoms with Crippen LogP contribution in [-0.4, -0.2) is 6.61 Å². The lowest BCUT2D eigenvalue weighted by atomic mass is 10.1. The fourth-order valence-corrected chi connectivity index (χ4v) is 2.43. The van der Waals surface area contributed by atoms with Crippen LogP contribution < -0.4 is 4.74 Å². The second-order valence-corrected chi connectivity index (χ2v) is 5.29. The van der Waals surface area contributed by atoms with Crippen molar-refractivity contribution >= 4 is 15.9 Å². The van der Waals surface area contributed by atoms with Crippen LogP contribution in [0.4, 0.5) is 0 Å². The van der Waals surface area contributed by atoms with Gasteiger partial charge >= 0.3 is 0 Å². The summed E-state index contributed by atoms with van der Waals surface area (Å²) in [6, 6.07) is 20.5. The molecule has 0 heterocycles. The average molecular weight is 305 g/mol. The Labute approximate surface area is 117 Å². The molecular weight excluding hydrogens is 288 g/mol. The fraction of sp³-hybridized carbons (Fsp3) is 0.250. The number of hydrogen-bond donors (Lipinski definition) is 0. The molecule has 0 fully saturated rings. The zero-order valence-corrected chi connectivity index (χ0v) is 11.8. The Balaban J connectivity index is 1.70. The van der Waals surface area contributed by atoms with Gasteiger partial charge in [-0.25, -0.2) is 0 Å². The van der Waals surface area contributed by atoms with Crippen molar-refractivity contribution in [2.24, 2.45) is 0 Å². The predicted octanol–water partition coefficient (Wildman–Crippen LogP) is 4.98. The summed E-state index contributed by atoms with van der Waals surface area (Å²) in [4.78, 5) is 0.415. The van der Waals surface area contributed by atoms with E-state index in [1.54, 1.807) is 0 Å². The van der Waals surface area contributed by atoms with Gasteiger partial charge in [0.1, 0.15) is 5.75 Å². The van der Waals surface area contributed by atoms with Crippen LogP contribution in [0.5, 0.6) is 5.75 Å². The summed E-state index contributed by atoms with van der Waals surface area (Å²) in [6.45, 7) is 0.763. The Morgan fingerprint density at radius 3 is 2.17 bits per heavy atom. The SMILES string of the molecule is BrC(CCCOc1ccccc1)c1ccccc1. The van der Waals surface area contributed by atoms with E-state index in [2.05, 4.69) is 40.2 Å². The Bertz CT molecular complexity index is 441. The highest BCUT2D eigenvalue weighted by Crippen LogP contribution is 2.27. The van der Waals surface area contributed by atoms with E-state index in [9.17, 15) is 0 Å². The van der Waals surface area contributed by atoms with E-state index in [-0.39, 0.29) is 0 Å². The molecule has 2 aromatic carbocycles. The number of alkyl halides is 1. The van der Waals surface area contributed by atoms with Gasteiger partial charge in [-0.3, -0.25) is 0 Å². The van der Waals surface area contributed by atoms with E-state index in [0.29, 0.717) is 4.83 Å². The number of ether oxygens (including phenoxy) is 1. The van der Waals surface area contributed by atoms with Crippen LogP contribution in [0.15, 0.2) is 60.7 Å². The molecule has 0 radical (unpaired) electrons. The van der Waals surface area contributed by atoms with Crippen LogP contribution in [0.2, 0.25) is 0 Å². The summed E-state index contributed by atoms with van der Waals surface area (Å²) < 4.78 is 5.67. The highest BCUT2D eigenvalue weighted by molar-refractivity contribution is 9.09. The molecule has 0 spiro atoms. The second-order valence-electron chi connectivity index (χ2n) is 4.18. The summed E-state index contributed by atoms with van der Waals surface area (Å²) in [5.41, 5.74) is 1.33. The number of benzene rings is 2. The van der Waals surface area contributed by atoms with Gasteiger partial charge in [0.25, 0.3) is 0 Å². The molecule has 94 valence electrons. The van der Waals surface area contributed by atoms with Crippen molar-refractivity contribution in [3.05, 3.63) is 66.2 Å². The molecular formula is C16H17BrO. The average Bonchev–Trinajstić information content (AvgIpc) is 2.45. The first-order chi connectivity index (χ1) is 8.86. The summed E-state index contributed by atoms with van der Waals surface area (Å²) in [5.74, 6) is 0.948. The van der Waals surface area contributed by atoms with Gasteiger partial charge in [-0.2, -0.15) is 0 Å². The van der Waals surface area contributed by atoms with Gasteiger partial charge in [-0.05, 0) is 30.5 Å². The Kier molecular flexibility index (Phi) is 5.28. The molecule has 0 aliphatic heterocycles. The molecule has 0 aromatic heterocycles. The molecule has 1 nitrogen and oxygen atoms in total. The maximum atomic E-state index is 5.67. The molecule has 2 heteroatoms. The highest BCUT2D eigenvalue weighted by Gasteiger charge is 2.06. The molecule has 2 rings (SSSR count). The molecule has 1 atom stereocenters. The maximum absolute atomic E-state index is 5.67. The Hall–Kier alpha value is -1.28. The van der Waals surface area contributed by atoms with Gasteiger partial charge in [-0.1, -0.05) is 64.5 Å². The molecule has 0 aliphatic carbocycles. The third-order valence-corrected chi connectivity index (χ3v) is 3.76. The van der Waals surface area contributed by atoms with Gasteiger partial charge < -0.3 is 4.74 Å². The third-order valence-electron chi connectivity index (χ3n) is 2.78. The van der Waals surface area contributed by atoms with E-state index in [4.69, 9.17) is 4.74 Å². The second kappa shape index (κ2) is 7.22. The quantitative estimate of drug-likeness (QED) is 0.540. The van der Waals surface area contributed by atoms with Crippen molar-refractivity contribution < 1.29 is 4.74 Å². The van der Waals surface area contributed by atoms with Gasteiger partial charge in [0, 0.05) is 4.83 Å². The molecule has 2 aromatic rings. The summed E-state index contributed by atoms with van der Waals surface area (Å²) in [7, 11) is 0. The molecule has 0 amide bonds. The smallest absolute Gasteiger partial charge is 0.119 e. The largest absolute Gasteiger partial charge is 0.494 e. The zero-order valence-electron chi connectivity index (χ0n) is 10.3. The summed E-state index contributed by atoms with van der Waals surface area (Å²) >= 11 is 3.72. The lowest BCUT2D eigenvalue weighted by Gasteiger charge is -2.10. The van der Waals surface area contributed by atoms with Crippen LogP contribution in [0.25, 0.3) is 0 Å². The minimum absolute atomic E-state index is 0.415. The highest BCUT2D eigenvalue weighted by atomic mass is 79.9. The number of para-hydroxylation sites is 1. The van der Waals surface area contributed by atoms with Crippen molar-refractivity contribution in [3.8, 4) is 5.75 Å². The van der Waals surface area contributed by atoms with E-state index in [1.807, 2.05) is 36.4 Å². The van der Waals surface area contributed by atoms with Crippen molar-refractivity contribution in [2.75, 3.05) is 6.61 Å². The van der Waals surface area contributed by atoms with Gasteiger partial charge in [0.2, 0.25) is 0 Å². The Morgan fingerprint density at radius 2 is 1.50 bits per heavy atom. The van der Waals surface area contributed by atoms with Gasteiger partial charge in [-0.15, -0.1) is 0 Å². The van der Waals surface area contributed by atoms with Crippen LogP contribution in [0.1, 0.15) is 23.2 Å². The predicted molar refractivity (Wildman–Crippen MR) is 79.3 cm³/mol. The minimum Gasteiger partial charge on any atom is -0.494 e. The fourth-order valence-electron chi connectivity index (χ4n) is 1.80. The Morgan fingerprint density at radius 1 is 0.889 bits per heavy atom. The molecule has 0 saturated carbocycles. The first-order valence-electron chi connectivity index (χ1n) is 6.23. The minimum atomic E-state index is 0.415. The van der Waals surface area contributed by atoms with Crippen molar-refractivity contribution in [1.82, 2.24) is 0 Å². The molecule has 0 bridgehead atoms. The topological polar surface area (TPSA) is 9.23 Å². The molecule has 0 saturated heterocycles. The number of halogens is 1. The van der Waals surface area contributed by atoms with Gasteiger partial charge in [0.05, 0.1) is 6.61 Å². The van der Waals surface area contributed by atoms with Crippen LogP contribution in [0.3, 0.4) is 0 Å². The number of rotatable bonds is 6. The van der Waals surface area contributed by atoms with Crippen LogP contribution >= 0.6 is 15.9 Å². The standard InChI is InChI=1S/C16H17BrO/c17-16(14-8-3-1-4-9-14)12-7-13-18-15-10-5-2-6-11-15/h1-6,8-11,16H,7,12-13H2. The van der Waals surface area contributed by atoms with Crippen LogP contribution in [0, 0.1) is 0 Å². The maximum Gasteiger partial charge on any atom is 0.119 e. The molecule has 0 N–H and O–H groups in total. The van der Waals surface area contributed by atoms with E-state index < -0.39 is 0 Å². The normalized spacial score (nSPS) is 12.1. The number of hydrogen-bond acceptors (Lipinski definition) is 1. The summed E-state index contributed by atoms with van der Waals surface area (Å²) in [5, 5.41) is 0. The lowest BCUT2D eigenvalue weighted by molar-refractivity contribution is 0.307. The molecule has 1 unspecified atom stereocenters. The van der Waals surface area contributed by atoms with Crippen molar-refractivity contribution in [1.29, 1.82) is 0 Å². The van der Waals surface area contributed by atoms with Crippen LogP contribution in [-0.2, 0) is 0 Å². The zero-order chi connectivity index (χ0) is 12.6. The third kappa shape index (κ3) is 4.19. The van der Waals surface area contributed by atoms with E-state index in [0.717, 1.165) is 25.2 Å². The summed E-state index contributed by atoms with van der Waals surface area (Å²) in [6.07, 6.45) is 2.12. The van der Waals surface area contributed by atoms with Crippen molar-refractivity contribution in [3.63, 3.8) is 0 Å². The van der Waals surface area contributed by atoms with E-state index >= 15 is 0 Å². The van der Waals surface area contributed by atoms with E-state index in [1.165, 1.54) is 5.56 Å².